The van der Waals surface area contributed by atoms with Crippen molar-refractivity contribution in [3.63, 3.8) is 0 Å². The molecule has 2 rings (SSSR count). The molecule has 108 valence electrons. The van der Waals surface area contributed by atoms with E-state index in [0.29, 0.717) is 15.1 Å². The predicted molar refractivity (Wildman–Crippen MR) is 73.8 cm³/mol. The number of hydrogen-bond donors (Lipinski definition) is 0. The van der Waals surface area contributed by atoms with E-state index < -0.39 is 11.7 Å². The Balaban J connectivity index is 2.17. The molecule has 0 N–H and O–H groups in total. The van der Waals surface area contributed by atoms with Gasteiger partial charge >= 0.3 is 6.18 Å². The maximum Gasteiger partial charge on any atom is 0.412 e. The van der Waals surface area contributed by atoms with Gasteiger partial charge in [-0.25, -0.2) is 0 Å². The number of carbonyl (C=O) groups is 1. The number of rotatable bonds is 1. The summed E-state index contributed by atoms with van der Waals surface area (Å²) in [5, 5.41) is 0.403. The molecule has 0 aliphatic carbocycles. The van der Waals surface area contributed by atoms with Gasteiger partial charge in [-0.05, 0) is 40.5 Å². The van der Waals surface area contributed by atoms with Crippen molar-refractivity contribution in [2.75, 3.05) is 13.1 Å². The second-order valence-corrected chi connectivity index (χ2v) is 5.64. The summed E-state index contributed by atoms with van der Waals surface area (Å²) in [5.74, 6) is -0.336. The fourth-order valence-corrected chi connectivity index (χ4v) is 2.53. The van der Waals surface area contributed by atoms with E-state index in [1.54, 1.807) is 12.1 Å². The van der Waals surface area contributed by atoms with E-state index in [9.17, 15) is 18.0 Å². The van der Waals surface area contributed by atoms with Crippen molar-refractivity contribution in [3.8, 4) is 0 Å². The van der Waals surface area contributed by atoms with E-state index in [1.807, 2.05) is 0 Å². The zero-order valence-electron chi connectivity index (χ0n) is 10.2. The first kappa shape index (κ1) is 15.4. The number of nitrogens with zero attached hydrogens (tertiary/aromatic N) is 1. The van der Waals surface area contributed by atoms with Crippen LogP contribution in [0.4, 0.5) is 13.2 Å². The SMILES string of the molecule is O=C(c1cc(Cl)ccc1Br)N1CC=C(C(F)(F)F)CC1. The van der Waals surface area contributed by atoms with Crippen molar-refractivity contribution in [2.45, 2.75) is 12.6 Å². The predicted octanol–water partition coefficient (Wildman–Crippen LogP) is 4.44. The van der Waals surface area contributed by atoms with E-state index in [0.717, 1.165) is 6.08 Å². The molecule has 0 spiro atoms. The van der Waals surface area contributed by atoms with E-state index >= 15 is 0 Å². The highest BCUT2D eigenvalue weighted by Crippen LogP contribution is 2.31. The standard InChI is InChI=1S/C13H10BrClF3NO/c14-11-2-1-9(15)7-10(11)12(20)19-5-3-8(4-6-19)13(16,17)18/h1-3,7H,4-6H2. The molecule has 1 aromatic rings. The topological polar surface area (TPSA) is 20.3 Å². The highest BCUT2D eigenvalue weighted by atomic mass is 79.9. The van der Waals surface area contributed by atoms with Crippen LogP contribution in [-0.4, -0.2) is 30.1 Å². The molecular formula is C13H10BrClF3NO. The Morgan fingerprint density at radius 3 is 2.60 bits per heavy atom. The van der Waals surface area contributed by atoms with Crippen molar-refractivity contribution in [3.05, 3.63) is 44.9 Å². The fraction of sp³-hybridized carbons (Fsp3) is 0.308. The first-order chi connectivity index (χ1) is 9.29. The molecule has 1 heterocycles. The summed E-state index contributed by atoms with van der Waals surface area (Å²) in [4.78, 5) is 13.6. The maximum atomic E-state index is 12.5. The minimum absolute atomic E-state index is 0.0448. The largest absolute Gasteiger partial charge is 0.412 e. The molecule has 20 heavy (non-hydrogen) atoms. The van der Waals surface area contributed by atoms with Gasteiger partial charge in [-0.15, -0.1) is 0 Å². The zero-order valence-corrected chi connectivity index (χ0v) is 12.5. The van der Waals surface area contributed by atoms with Crippen LogP contribution in [0.5, 0.6) is 0 Å². The Hall–Kier alpha value is -1.01. The summed E-state index contributed by atoms with van der Waals surface area (Å²) >= 11 is 9.07. The molecule has 0 saturated heterocycles. The molecule has 1 aliphatic rings. The quantitative estimate of drug-likeness (QED) is 0.671. The molecule has 0 aromatic heterocycles. The van der Waals surface area contributed by atoms with Gasteiger partial charge in [0.05, 0.1) is 5.56 Å². The lowest BCUT2D eigenvalue weighted by Gasteiger charge is -2.27. The molecule has 0 atom stereocenters. The summed E-state index contributed by atoms with van der Waals surface area (Å²) in [6, 6.07) is 4.76. The molecule has 0 fully saturated rings. The molecule has 1 aromatic carbocycles. The molecule has 0 bridgehead atoms. The lowest BCUT2D eigenvalue weighted by atomic mass is 10.1. The molecule has 0 unspecified atom stereocenters. The minimum atomic E-state index is -4.31. The normalized spacial score (nSPS) is 16.1. The molecular weight excluding hydrogens is 359 g/mol. The number of alkyl halides is 3. The van der Waals surface area contributed by atoms with Gasteiger partial charge in [-0.1, -0.05) is 17.7 Å². The Kier molecular flexibility index (Phi) is 4.44. The average molecular weight is 369 g/mol. The van der Waals surface area contributed by atoms with Crippen LogP contribution in [0.25, 0.3) is 0 Å². The number of amides is 1. The van der Waals surface area contributed by atoms with Crippen LogP contribution >= 0.6 is 27.5 Å². The Labute approximate surface area is 127 Å². The number of benzene rings is 1. The van der Waals surface area contributed by atoms with Gasteiger partial charge in [0.1, 0.15) is 0 Å². The van der Waals surface area contributed by atoms with Crippen molar-refractivity contribution < 1.29 is 18.0 Å². The van der Waals surface area contributed by atoms with Crippen LogP contribution in [0, 0.1) is 0 Å². The second kappa shape index (κ2) is 5.77. The number of halogens is 5. The van der Waals surface area contributed by atoms with Crippen molar-refractivity contribution >= 4 is 33.4 Å². The van der Waals surface area contributed by atoms with Crippen molar-refractivity contribution in [1.29, 1.82) is 0 Å². The Bertz CT molecular complexity index is 571. The van der Waals surface area contributed by atoms with Crippen LogP contribution in [-0.2, 0) is 0 Å². The lowest BCUT2D eigenvalue weighted by molar-refractivity contribution is -0.0957. The van der Waals surface area contributed by atoms with Gasteiger partial charge in [0.15, 0.2) is 0 Å². The van der Waals surface area contributed by atoms with Gasteiger partial charge < -0.3 is 4.90 Å². The first-order valence-electron chi connectivity index (χ1n) is 5.79. The lowest BCUT2D eigenvalue weighted by Crippen LogP contribution is -2.36. The average Bonchev–Trinajstić information content (AvgIpc) is 2.40. The second-order valence-electron chi connectivity index (χ2n) is 4.35. The number of hydrogen-bond acceptors (Lipinski definition) is 1. The summed E-state index contributed by atoms with van der Waals surface area (Å²) < 4.78 is 38.1. The monoisotopic (exact) mass is 367 g/mol. The highest BCUT2D eigenvalue weighted by molar-refractivity contribution is 9.10. The fourth-order valence-electron chi connectivity index (χ4n) is 1.94. The third-order valence-electron chi connectivity index (χ3n) is 3.02. The van der Waals surface area contributed by atoms with Gasteiger partial charge in [-0.2, -0.15) is 13.2 Å². The molecule has 1 aliphatic heterocycles. The summed E-state index contributed by atoms with van der Waals surface area (Å²) in [6.07, 6.45) is -3.45. The first-order valence-corrected chi connectivity index (χ1v) is 6.96. The smallest absolute Gasteiger partial charge is 0.335 e. The third-order valence-corrected chi connectivity index (χ3v) is 3.95. The summed E-state index contributed by atoms with van der Waals surface area (Å²) in [7, 11) is 0. The molecule has 2 nitrogen and oxygen atoms in total. The van der Waals surface area contributed by atoms with E-state index in [1.165, 1.54) is 11.0 Å². The third kappa shape index (κ3) is 3.35. The van der Waals surface area contributed by atoms with E-state index in [2.05, 4.69) is 15.9 Å². The van der Waals surface area contributed by atoms with Crippen LogP contribution in [0.3, 0.4) is 0 Å². The van der Waals surface area contributed by atoms with Gasteiger partial charge in [0.25, 0.3) is 5.91 Å². The molecule has 0 radical (unpaired) electrons. The van der Waals surface area contributed by atoms with Crippen molar-refractivity contribution in [1.82, 2.24) is 4.90 Å². The van der Waals surface area contributed by atoms with Gasteiger partial charge in [-0.3, -0.25) is 4.79 Å². The summed E-state index contributed by atoms with van der Waals surface area (Å²) in [6.45, 7) is -0.00421. The van der Waals surface area contributed by atoms with Crippen molar-refractivity contribution in [2.24, 2.45) is 0 Å². The van der Waals surface area contributed by atoms with Gasteiger partial charge in [0.2, 0.25) is 0 Å². The number of carbonyl (C=O) groups excluding carboxylic acids is 1. The van der Waals surface area contributed by atoms with Gasteiger partial charge in [0, 0.05) is 28.2 Å². The van der Waals surface area contributed by atoms with Crippen LogP contribution in [0.1, 0.15) is 16.8 Å². The summed E-state index contributed by atoms with van der Waals surface area (Å²) in [5.41, 5.74) is -0.229. The van der Waals surface area contributed by atoms with Crippen LogP contribution in [0.2, 0.25) is 5.02 Å². The van der Waals surface area contributed by atoms with E-state index in [-0.39, 0.29) is 25.4 Å². The maximum absolute atomic E-state index is 12.5. The van der Waals surface area contributed by atoms with Crippen LogP contribution < -0.4 is 0 Å². The molecule has 1 amide bonds. The minimum Gasteiger partial charge on any atom is -0.335 e. The van der Waals surface area contributed by atoms with Crippen LogP contribution in [0.15, 0.2) is 34.3 Å². The Morgan fingerprint density at radius 1 is 1.35 bits per heavy atom. The zero-order chi connectivity index (χ0) is 14.9. The Morgan fingerprint density at radius 2 is 2.05 bits per heavy atom. The molecule has 7 heteroatoms. The molecule has 0 saturated carbocycles. The highest BCUT2D eigenvalue weighted by Gasteiger charge is 2.35. The van der Waals surface area contributed by atoms with E-state index in [4.69, 9.17) is 11.6 Å².